The summed E-state index contributed by atoms with van der Waals surface area (Å²) in [6.07, 6.45) is 3.40. The molecule has 8 heteroatoms. The van der Waals surface area contributed by atoms with E-state index in [0.29, 0.717) is 25.3 Å². The molecule has 0 N–H and O–H groups in total. The molecule has 1 fully saturated rings. The number of pyridine rings is 1. The van der Waals surface area contributed by atoms with Crippen LogP contribution in [0.3, 0.4) is 0 Å². The lowest BCUT2D eigenvalue weighted by Gasteiger charge is -2.38. The lowest BCUT2D eigenvalue weighted by atomic mass is 9.99. The molecule has 1 saturated heterocycles. The van der Waals surface area contributed by atoms with Crippen LogP contribution in [0.4, 0.5) is 0 Å². The van der Waals surface area contributed by atoms with E-state index >= 15 is 0 Å². The molecule has 0 aliphatic carbocycles. The summed E-state index contributed by atoms with van der Waals surface area (Å²) in [7, 11) is 1.84. The Morgan fingerprint density at radius 3 is 2.60 bits per heavy atom. The summed E-state index contributed by atoms with van der Waals surface area (Å²) in [6.45, 7) is 1.64. The number of carbonyl (C=O) groups excluding carboxylic acids is 1. The van der Waals surface area contributed by atoms with Crippen LogP contribution in [0.15, 0.2) is 65.7 Å². The second-order valence-corrected chi connectivity index (χ2v) is 7.54. The molecular weight excluding hydrogens is 380 g/mol. The highest BCUT2D eigenvalue weighted by atomic mass is 16.2. The summed E-state index contributed by atoms with van der Waals surface area (Å²) in [6, 6.07) is 14.7. The molecule has 8 nitrogen and oxygen atoms in total. The number of rotatable bonds is 4. The quantitative estimate of drug-likeness (QED) is 0.523. The van der Waals surface area contributed by atoms with Gasteiger partial charge in [-0.25, -0.2) is 4.68 Å². The number of hydrogen-bond donors (Lipinski definition) is 0. The van der Waals surface area contributed by atoms with E-state index in [1.165, 1.54) is 10.7 Å². The third kappa shape index (κ3) is 3.16. The van der Waals surface area contributed by atoms with Gasteiger partial charge in [0.15, 0.2) is 5.69 Å². The average molecular weight is 400 g/mol. The monoisotopic (exact) mass is 400 g/mol. The molecule has 0 saturated carbocycles. The van der Waals surface area contributed by atoms with Crippen molar-refractivity contribution < 1.29 is 4.79 Å². The number of hydrogen-bond acceptors (Lipinski definition) is 5. The third-order valence-corrected chi connectivity index (χ3v) is 5.48. The zero-order valence-corrected chi connectivity index (χ0v) is 16.5. The van der Waals surface area contributed by atoms with Crippen LogP contribution in [0, 0.1) is 5.92 Å². The van der Waals surface area contributed by atoms with Crippen LogP contribution in [-0.2, 0) is 13.6 Å². The Bertz CT molecular complexity index is 1290. The fourth-order valence-corrected chi connectivity index (χ4v) is 3.87. The van der Waals surface area contributed by atoms with Gasteiger partial charge < -0.3 is 4.90 Å². The van der Waals surface area contributed by atoms with Gasteiger partial charge in [0.2, 0.25) is 0 Å². The van der Waals surface area contributed by atoms with Crippen molar-refractivity contribution in [2.24, 2.45) is 13.0 Å². The summed E-state index contributed by atoms with van der Waals surface area (Å²) in [5.41, 5.74) is 2.90. The summed E-state index contributed by atoms with van der Waals surface area (Å²) >= 11 is 0. The van der Waals surface area contributed by atoms with E-state index in [-0.39, 0.29) is 17.4 Å². The molecule has 3 aromatic heterocycles. The van der Waals surface area contributed by atoms with Crippen molar-refractivity contribution in [1.29, 1.82) is 0 Å². The second-order valence-electron chi connectivity index (χ2n) is 7.54. The molecule has 0 atom stereocenters. The zero-order chi connectivity index (χ0) is 20.7. The van der Waals surface area contributed by atoms with Gasteiger partial charge in [0, 0.05) is 55.5 Å². The fraction of sp³-hybridized carbons (Fsp3) is 0.227. The third-order valence-electron chi connectivity index (χ3n) is 5.48. The Morgan fingerprint density at radius 1 is 1.03 bits per heavy atom. The molecule has 0 spiro atoms. The van der Waals surface area contributed by atoms with Gasteiger partial charge in [-0.05, 0) is 24.3 Å². The highest BCUT2D eigenvalue weighted by Crippen LogP contribution is 2.24. The SMILES string of the molecule is Cn1nc(C(=O)N2CC(Cn3nc(-c4ccncc4)ccc3=O)C2)c2ccccc21. The Balaban J connectivity index is 1.30. The summed E-state index contributed by atoms with van der Waals surface area (Å²) < 4.78 is 3.21. The maximum Gasteiger partial charge on any atom is 0.275 e. The molecule has 4 heterocycles. The Labute approximate surface area is 172 Å². The molecule has 1 aliphatic rings. The normalized spacial score (nSPS) is 14.1. The van der Waals surface area contributed by atoms with Crippen LogP contribution in [0.5, 0.6) is 0 Å². The Morgan fingerprint density at radius 2 is 1.80 bits per heavy atom. The predicted octanol–water partition coefficient (Wildman–Crippen LogP) is 1.96. The van der Waals surface area contributed by atoms with Gasteiger partial charge in [-0.15, -0.1) is 0 Å². The van der Waals surface area contributed by atoms with E-state index < -0.39 is 0 Å². The number of nitrogens with zero attached hydrogens (tertiary/aromatic N) is 6. The molecule has 150 valence electrons. The lowest BCUT2D eigenvalue weighted by molar-refractivity contribution is 0.0454. The number of likely N-dealkylation sites (tertiary alicyclic amines) is 1. The number of aryl methyl sites for hydroxylation is 1. The van der Waals surface area contributed by atoms with E-state index in [0.717, 1.165) is 22.2 Å². The zero-order valence-electron chi connectivity index (χ0n) is 16.5. The van der Waals surface area contributed by atoms with Crippen LogP contribution in [0.25, 0.3) is 22.2 Å². The standard InChI is InChI=1S/C22H20N6O2/c1-26-19-5-3-2-4-17(19)21(25-26)22(30)27-12-15(13-27)14-28-20(29)7-6-18(24-28)16-8-10-23-11-9-16/h2-11,15H,12-14H2,1H3. The number of fused-ring (bicyclic) bond motifs is 1. The van der Waals surface area contributed by atoms with Crippen molar-refractivity contribution in [2.45, 2.75) is 6.54 Å². The van der Waals surface area contributed by atoms with Crippen molar-refractivity contribution in [3.63, 3.8) is 0 Å². The largest absolute Gasteiger partial charge is 0.336 e. The minimum Gasteiger partial charge on any atom is -0.336 e. The highest BCUT2D eigenvalue weighted by molar-refractivity contribution is 6.05. The van der Waals surface area contributed by atoms with Gasteiger partial charge in [0.05, 0.1) is 17.8 Å². The first-order valence-corrected chi connectivity index (χ1v) is 9.80. The van der Waals surface area contributed by atoms with Gasteiger partial charge in [-0.2, -0.15) is 10.2 Å². The molecule has 1 amide bonds. The van der Waals surface area contributed by atoms with Gasteiger partial charge in [0.1, 0.15) is 0 Å². The summed E-state index contributed by atoms with van der Waals surface area (Å²) in [5, 5.41) is 9.77. The number of carbonyl (C=O) groups is 1. The summed E-state index contributed by atoms with van der Waals surface area (Å²) in [5.74, 6) is 0.107. The molecule has 0 radical (unpaired) electrons. The average Bonchev–Trinajstić information content (AvgIpc) is 3.09. The van der Waals surface area contributed by atoms with Crippen molar-refractivity contribution >= 4 is 16.8 Å². The van der Waals surface area contributed by atoms with Crippen molar-refractivity contribution in [3.8, 4) is 11.3 Å². The molecule has 0 unspecified atom stereocenters. The lowest BCUT2D eigenvalue weighted by Crippen LogP contribution is -2.52. The molecule has 1 aromatic carbocycles. The van der Waals surface area contributed by atoms with E-state index in [4.69, 9.17) is 0 Å². The topological polar surface area (TPSA) is 85.9 Å². The summed E-state index contributed by atoms with van der Waals surface area (Å²) in [4.78, 5) is 31.0. The van der Waals surface area contributed by atoms with Crippen LogP contribution in [-0.4, -0.2) is 48.4 Å². The minimum atomic E-state index is -0.145. The predicted molar refractivity (Wildman–Crippen MR) is 112 cm³/mol. The first-order valence-electron chi connectivity index (χ1n) is 9.80. The first-order chi connectivity index (χ1) is 14.6. The van der Waals surface area contributed by atoms with E-state index in [9.17, 15) is 9.59 Å². The van der Waals surface area contributed by atoms with Gasteiger partial charge in [0.25, 0.3) is 11.5 Å². The van der Waals surface area contributed by atoms with Crippen LogP contribution in [0.2, 0.25) is 0 Å². The Hall–Kier alpha value is -3.81. The minimum absolute atomic E-state index is 0.0751. The number of aromatic nitrogens is 5. The molecular formula is C22H20N6O2. The maximum absolute atomic E-state index is 12.9. The fourth-order valence-electron chi connectivity index (χ4n) is 3.87. The molecule has 5 rings (SSSR count). The number of para-hydroxylation sites is 1. The van der Waals surface area contributed by atoms with Gasteiger partial charge in [-0.1, -0.05) is 18.2 Å². The molecule has 0 bridgehead atoms. The van der Waals surface area contributed by atoms with E-state index in [1.807, 2.05) is 43.4 Å². The van der Waals surface area contributed by atoms with Crippen LogP contribution in [0.1, 0.15) is 10.5 Å². The smallest absolute Gasteiger partial charge is 0.275 e. The van der Waals surface area contributed by atoms with Crippen LogP contribution >= 0.6 is 0 Å². The highest BCUT2D eigenvalue weighted by Gasteiger charge is 2.33. The van der Waals surface area contributed by atoms with Crippen molar-refractivity contribution in [1.82, 2.24) is 29.4 Å². The molecule has 4 aromatic rings. The first kappa shape index (κ1) is 18.2. The van der Waals surface area contributed by atoms with Crippen molar-refractivity contribution in [2.75, 3.05) is 13.1 Å². The number of amides is 1. The van der Waals surface area contributed by atoms with E-state index in [1.54, 1.807) is 28.0 Å². The Kier molecular flexibility index (Phi) is 4.39. The second kappa shape index (κ2) is 7.22. The van der Waals surface area contributed by atoms with Gasteiger partial charge >= 0.3 is 0 Å². The van der Waals surface area contributed by atoms with Gasteiger partial charge in [-0.3, -0.25) is 19.3 Å². The molecule has 1 aliphatic heterocycles. The van der Waals surface area contributed by atoms with E-state index in [2.05, 4.69) is 15.2 Å². The maximum atomic E-state index is 12.9. The molecule has 30 heavy (non-hydrogen) atoms. The van der Waals surface area contributed by atoms with Crippen molar-refractivity contribution in [3.05, 3.63) is 77.0 Å². The number of benzene rings is 1. The van der Waals surface area contributed by atoms with Crippen LogP contribution < -0.4 is 5.56 Å².